The molecule has 0 bridgehead atoms. The molecular weight excluding hydrogens is 237 g/mol. The molecule has 0 aliphatic heterocycles. The Balaban J connectivity index is 2.78. The topological polar surface area (TPSA) is 69.4 Å². The Hall–Kier alpha value is -1.75. The molecule has 0 spiro atoms. The number of benzene rings is 1. The van der Waals surface area contributed by atoms with Gasteiger partial charge in [0.25, 0.3) is 0 Å². The molecule has 1 rings (SSSR count). The summed E-state index contributed by atoms with van der Waals surface area (Å²) in [7, 11) is 0. The van der Waals surface area contributed by atoms with E-state index >= 15 is 0 Å². The summed E-state index contributed by atoms with van der Waals surface area (Å²) in [5.74, 6) is -2.63. The number of hydrogen-bond acceptors (Lipinski definition) is 4. The Morgan fingerprint density at radius 2 is 1.83 bits per heavy atom. The summed E-state index contributed by atoms with van der Waals surface area (Å²) < 4.78 is 17.8. The van der Waals surface area contributed by atoms with E-state index in [1.54, 1.807) is 20.8 Å². The highest BCUT2D eigenvalue weighted by Gasteiger charge is 2.31. The highest BCUT2D eigenvalue weighted by Crippen LogP contribution is 2.19. The minimum atomic E-state index is -1.03. The van der Waals surface area contributed by atoms with E-state index < -0.39 is 29.2 Å². The third-order valence-electron chi connectivity index (χ3n) is 2.47. The van der Waals surface area contributed by atoms with Crippen LogP contribution in [0.15, 0.2) is 24.3 Å². The van der Waals surface area contributed by atoms with Crippen LogP contribution in [0.5, 0.6) is 0 Å². The SMILES string of the molecule is CC(C)(C)C(N)C(=O)OC(=O)c1ccccc1F. The molecule has 98 valence electrons. The Morgan fingerprint density at radius 1 is 1.28 bits per heavy atom. The average molecular weight is 253 g/mol. The van der Waals surface area contributed by atoms with Crippen LogP contribution in [-0.2, 0) is 9.53 Å². The molecule has 0 aliphatic rings. The molecule has 0 saturated heterocycles. The lowest BCUT2D eigenvalue weighted by Crippen LogP contribution is -2.44. The predicted octanol–water partition coefficient (Wildman–Crippen LogP) is 1.88. The normalized spacial score (nSPS) is 12.9. The molecule has 5 heteroatoms. The van der Waals surface area contributed by atoms with Crippen LogP contribution in [-0.4, -0.2) is 18.0 Å². The van der Waals surface area contributed by atoms with Crippen LogP contribution in [0.2, 0.25) is 0 Å². The van der Waals surface area contributed by atoms with Gasteiger partial charge >= 0.3 is 11.9 Å². The zero-order chi connectivity index (χ0) is 13.9. The van der Waals surface area contributed by atoms with E-state index in [9.17, 15) is 14.0 Å². The summed E-state index contributed by atoms with van der Waals surface area (Å²) >= 11 is 0. The Kier molecular flexibility index (Phi) is 4.19. The highest BCUT2D eigenvalue weighted by molar-refractivity contribution is 5.98. The standard InChI is InChI=1S/C13H16FNO3/c1-13(2,3)10(15)12(17)18-11(16)8-6-4-5-7-9(8)14/h4-7,10H,15H2,1-3H3. The molecule has 1 aromatic carbocycles. The van der Waals surface area contributed by atoms with Gasteiger partial charge in [0.05, 0.1) is 5.56 Å². The maximum Gasteiger partial charge on any atom is 0.348 e. The van der Waals surface area contributed by atoms with E-state index in [-0.39, 0.29) is 5.56 Å². The number of esters is 2. The van der Waals surface area contributed by atoms with Gasteiger partial charge in [-0.1, -0.05) is 32.9 Å². The fraction of sp³-hybridized carbons (Fsp3) is 0.385. The first kappa shape index (κ1) is 14.3. The first-order chi connectivity index (χ1) is 8.23. The highest BCUT2D eigenvalue weighted by atomic mass is 19.1. The molecule has 0 aromatic heterocycles. The van der Waals surface area contributed by atoms with Crippen LogP contribution in [0.4, 0.5) is 4.39 Å². The van der Waals surface area contributed by atoms with Crippen molar-refractivity contribution in [3.8, 4) is 0 Å². The lowest BCUT2D eigenvalue weighted by molar-refractivity contribution is -0.141. The zero-order valence-corrected chi connectivity index (χ0v) is 10.6. The van der Waals surface area contributed by atoms with Crippen molar-refractivity contribution >= 4 is 11.9 Å². The quantitative estimate of drug-likeness (QED) is 0.645. The summed E-state index contributed by atoms with van der Waals surface area (Å²) in [5.41, 5.74) is 4.82. The van der Waals surface area contributed by atoms with Crippen molar-refractivity contribution in [3.05, 3.63) is 35.6 Å². The lowest BCUT2D eigenvalue weighted by Gasteiger charge is -2.24. The number of halogens is 1. The van der Waals surface area contributed by atoms with E-state index in [1.807, 2.05) is 0 Å². The van der Waals surface area contributed by atoms with Crippen molar-refractivity contribution in [2.45, 2.75) is 26.8 Å². The maximum absolute atomic E-state index is 13.3. The molecule has 1 aromatic rings. The third-order valence-corrected chi connectivity index (χ3v) is 2.47. The van der Waals surface area contributed by atoms with Gasteiger partial charge in [-0.15, -0.1) is 0 Å². The molecule has 0 heterocycles. The molecule has 0 radical (unpaired) electrons. The largest absolute Gasteiger partial charge is 0.388 e. The number of hydrogen-bond donors (Lipinski definition) is 1. The second-order valence-electron chi connectivity index (χ2n) is 5.03. The van der Waals surface area contributed by atoms with Crippen LogP contribution in [0.3, 0.4) is 0 Å². The van der Waals surface area contributed by atoms with Gasteiger partial charge < -0.3 is 10.5 Å². The first-order valence-electron chi connectivity index (χ1n) is 5.49. The van der Waals surface area contributed by atoms with Crippen LogP contribution in [0, 0.1) is 11.2 Å². The summed E-state index contributed by atoms with van der Waals surface area (Å²) in [6.45, 7) is 5.23. The monoisotopic (exact) mass is 253 g/mol. The van der Waals surface area contributed by atoms with Gasteiger partial charge in [-0.05, 0) is 17.5 Å². The van der Waals surface area contributed by atoms with Crippen molar-refractivity contribution in [2.24, 2.45) is 11.1 Å². The summed E-state index contributed by atoms with van der Waals surface area (Å²) in [6.07, 6.45) is 0. The molecule has 18 heavy (non-hydrogen) atoms. The number of rotatable bonds is 2. The fourth-order valence-electron chi connectivity index (χ4n) is 1.19. The average Bonchev–Trinajstić information content (AvgIpc) is 2.27. The summed E-state index contributed by atoms with van der Waals surface area (Å²) in [5, 5.41) is 0. The smallest absolute Gasteiger partial charge is 0.348 e. The van der Waals surface area contributed by atoms with E-state index in [2.05, 4.69) is 4.74 Å². The molecule has 0 saturated carbocycles. The van der Waals surface area contributed by atoms with Crippen molar-refractivity contribution < 1.29 is 18.7 Å². The van der Waals surface area contributed by atoms with Crippen molar-refractivity contribution in [2.75, 3.05) is 0 Å². The van der Waals surface area contributed by atoms with Gasteiger partial charge in [-0.3, -0.25) is 0 Å². The van der Waals surface area contributed by atoms with Crippen LogP contribution in [0.1, 0.15) is 31.1 Å². The number of carbonyl (C=O) groups is 2. The van der Waals surface area contributed by atoms with E-state index in [0.29, 0.717) is 0 Å². The van der Waals surface area contributed by atoms with Gasteiger partial charge in [0.1, 0.15) is 11.9 Å². The van der Waals surface area contributed by atoms with Gasteiger partial charge in [0, 0.05) is 0 Å². The van der Waals surface area contributed by atoms with Crippen molar-refractivity contribution in [1.29, 1.82) is 0 Å². The molecule has 4 nitrogen and oxygen atoms in total. The summed E-state index contributed by atoms with van der Waals surface area (Å²) in [4.78, 5) is 23.2. The van der Waals surface area contributed by atoms with E-state index in [0.717, 1.165) is 6.07 Å². The Bertz CT molecular complexity index is 466. The lowest BCUT2D eigenvalue weighted by atomic mass is 9.87. The van der Waals surface area contributed by atoms with Gasteiger partial charge in [0.15, 0.2) is 0 Å². The van der Waals surface area contributed by atoms with Crippen LogP contribution < -0.4 is 5.73 Å². The van der Waals surface area contributed by atoms with Crippen LogP contribution >= 0.6 is 0 Å². The molecule has 1 atom stereocenters. The second-order valence-corrected chi connectivity index (χ2v) is 5.03. The minimum Gasteiger partial charge on any atom is -0.388 e. The number of ether oxygens (including phenoxy) is 1. The van der Waals surface area contributed by atoms with E-state index in [1.165, 1.54) is 18.2 Å². The molecular formula is C13H16FNO3. The Morgan fingerprint density at radius 3 is 2.33 bits per heavy atom. The van der Waals surface area contributed by atoms with Gasteiger partial charge in [-0.2, -0.15) is 0 Å². The summed E-state index contributed by atoms with van der Waals surface area (Å²) in [6, 6.07) is 4.33. The molecule has 0 fully saturated rings. The first-order valence-corrected chi connectivity index (χ1v) is 5.49. The Labute approximate surface area is 105 Å². The van der Waals surface area contributed by atoms with Gasteiger partial charge in [0.2, 0.25) is 0 Å². The van der Waals surface area contributed by atoms with Crippen molar-refractivity contribution in [3.63, 3.8) is 0 Å². The van der Waals surface area contributed by atoms with Crippen LogP contribution in [0.25, 0.3) is 0 Å². The predicted molar refractivity (Wildman–Crippen MR) is 64.3 cm³/mol. The van der Waals surface area contributed by atoms with Gasteiger partial charge in [-0.25, -0.2) is 14.0 Å². The van der Waals surface area contributed by atoms with Crippen molar-refractivity contribution in [1.82, 2.24) is 0 Å². The fourth-order valence-corrected chi connectivity index (χ4v) is 1.19. The maximum atomic E-state index is 13.3. The number of carbonyl (C=O) groups excluding carboxylic acids is 2. The molecule has 2 N–H and O–H groups in total. The molecule has 1 unspecified atom stereocenters. The zero-order valence-electron chi connectivity index (χ0n) is 10.6. The minimum absolute atomic E-state index is 0.285. The number of nitrogens with two attached hydrogens (primary N) is 1. The second kappa shape index (κ2) is 5.27. The molecule has 0 aliphatic carbocycles. The molecule has 0 amide bonds. The van der Waals surface area contributed by atoms with E-state index in [4.69, 9.17) is 5.73 Å². The third kappa shape index (κ3) is 3.37.